The molecule has 0 atom stereocenters. The average molecular weight is 225 g/mol. The van der Waals surface area contributed by atoms with Crippen LogP contribution < -0.4 is 0 Å². The summed E-state index contributed by atoms with van der Waals surface area (Å²) >= 11 is 0. The van der Waals surface area contributed by atoms with Gasteiger partial charge in [0.15, 0.2) is 0 Å². The Hall–Kier alpha value is -1.60. The summed E-state index contributed by atoms with van der Waals surface area (Å²) in [4.78, 5) is 2.21. The van der Waals surface area contributed by atoms with Crippen LogP contribution in [-0.2, 0) is 6.54 Å². The molecular formula is C16H19N. The van der Waals surface area contributed by atoms with Gasteiger partial charge in [0.25, 0.3) is 0 Å². The first-order valence-corrected chi connectivity index (χ1v) is 5.97. The minimum atomic E-state index is 0.993. The molecule has 0 aromatic heterocycles. The van der Waals surface area contributed by atoms with Crippen LogP contribution in [0, 0.1) is 6.92 Å². The summed E-state index contributed by atoms with van der Waals surface area (Å²) in [5, 5.41) is 0. The predicted octanol–water partition coefficient (Wildman–Crippen LogP) is 3.72. The molecule has 2 rings (SSSR count). The first kappa shape index (κ1) is 11.9. The van der Waals surface area contributed by atoms with Gasteiger partial charge < -0.3 is 4.90 Å². The van der Waals surface area contributed by atoms with E-state index in [2.05, 4.69) is 74.4 Å². The summed E-state index contributed by atoms with van der Waals surface area (Å²) in [6.45, 7) is 3.20. The third kappa shape index (κ3) is 2.75. The highest BCUT2D eigenvalue weighted by Crippen LogP contribution is 2.25. The number of nitrogens with zero attached hydrogens (tertiary/aromatic N) is 1. The maximum Gasteiger partial charge on any atom is 0.0230 e. The molecule has 0 aliphatic carbocycles. The highest BCUT2D eigenvalue weighted by molar-refractivity contribution is 5.68. The molecule has 0 saturated carbocycles. The Bertz CT molecular complexity index is 486. The van der Waals surface area contributed by atoms with Crippen molar-refractivity contribution in [2.75, 3.05) is 14.1 Å². The van der Waals surface area contributed by atoms with Crippen molar-refractivity contribution in [2.45, 2.75) is 13.5 Å². The molecule has 17 heavy (non-hydrogen) atoms. The fraction of sp³-hybridized carbons (Fsp3) is 0.250. The molecule has 1 heteroatoms. The number of hydrogen-bond acceptors (Lipinski definition) is 1. The molecule has 88 valence electrons. The van der Waals surface area contributed by atoms with Gasteiger partial charge in [-0.1, -0.05) is 48.5 Å². The molecule has 0 fully saturated rings. The standard InChI is InChI=1S/C16H19N/c1-13-15(12-17(2)3)10-7-11-16(13)14-8-5-4-6-9-14/h4-11H,12H2,1-3H3. The highest BCUT2D eigenvalue weighted by Gasteiger charge is 2.06. The van der Waals surface area contributed by atoms with E-state index in [9.17, 15) is 0 Å². The Balaban J connectivity index is 2.43. The summed E-state index contributed by atoms with van der Waals surface area (Å²) in [6.07, 6.45) is 0. The van der Waals surface area contributed by atoms with E-state index in [0.29, 0.717) is 0 Å². The van der Waals surface area contributed by atoms with Crippen LogP contribution in [0.1, 0.15) is 11.1 Å². The zero-order valence-electron chi connectivity index (χ0n) is 10.8. The van der Waals surface area contributed by atoms with Gasteiger partial charge in [0.05, 0.1) is 0 Å². The van der Waals surface area contributed by atoms with Crippen molar-refractivity contribution in [2.24, 2.45) is 0 Å². The lowest BCUT2D eigenvalue weighted by atomic mass is 9.96. The maximum atomic E-state index is 2.21. The molecule has 0 aliphatic heterocycles. The van der Waals surface area contributed by atoms with Crippen molar-refractivity contribution in [1.82, 2.24) is 4.90 Å². The second-order valence-corrected chi connectivity index (χ2v) is 4.69. The van der Waals surface area contributed by atoms with Gasteiger partial charge in [0.1, 0.15) is 0 Å². The molecule has 0 bridgehead atoms. The molecular weight excluding hydrogens is 206 g/mol. The van der Waals surface area contributed by atoms with Crippen LogP contribution in [0.2, 0.25) is 0 Å². The van der Waals surface area contributed by atoms with Crippen LogP contribution in [-0.4, -0.2) is 19.0 Å². The van der Waals surface area contributed by atoms with Crippen LogP contribution in [0.4, 0.5) is 0 Å². The summed E-state index contributed by atoms with van der Waals surface area (Å²) in [6, 6.07) is 17.1. The molecule has 0 heterocycles. The van der Waals surface area contributed by atoms with Crippen LogP contribution in [0.15, 0.2) is 48.5 Å². The monoisotopic (exact) mass is 225 g/mol. The predicted molar refractivity (Wildman–Crippen MR) is 74.0 cm³/mol. The minimum Gasteiger partial charge on any atom is -0.305 e. The van der Waals surface area contributed by atoms with E-state index in [-0.39, 0.29) is 0 Å². The Kier molecular flexibility index (Phi) is 3.60. The molecule has 0 radical (unpaired) electrons. The van der Waals surface area contributed by atoms with Crippen LogP contribution in [0.3, 0.4) is 0 Å². The van der Waals surface area contributed by atoms with Crippen molar-refractivity contribution in [1.29, 1.82) is 0 Å². The van der Waals surface area contributed by atoms with Gasteiger partial charge >= 0.3 is 0 Å². The van der Waals surface area contributed by atoms with Gasteiger partial charge in [-0.15, -0.1) is 0 Å². The van der Waals surface area contributed by atoms with E-state index in [0.717, 1.165) is 6.54 Å². The molecule has 0 aliphatic rings. The highest BCUT2D eigenvalue weighted by atomic mass is 15.0. The summed E-state index contributed by atoms with van der Waals surface area (Å²) < 4.78 is 0. The molecule has 0 amide bonds. The van der Waals surface area contributed by atoms with Crippen molar-refractivity contribution >= 4 is 0 Å². The van der Waals surface area contributed by atoms with E-state index < -0.39 is 0 Å². The third-order valence-electron chi connectivity index (χ3n) is 3.02. The molecule has 2 aromatic rings. The van der Waals surface area contributed by atoms with E-state index >= 15 is 0 Å². The lowest BCUT2D eigenvalue weighted by Gasteiger charge is -2.15. The lowest BCUT2D eigenvalue weighted by molar-refractivity contribution is 0.401. The van der Waals surface area contributed by atoms with Gasteiger partial charge in [-0.05, 0) is 43.3 Å². The van der Waals surface area contributed by atoms with Gasteiger partial charge in [-0.3, -0.25) is 0 Å². The Morgan fingerprint density at radius 2 is 1.59 bits per heavy atom. The zero-order valence-corrected chi connectivity index (χ0v) is 10.8. The number of benzene rings is 2. The van der Waals surface area contributed by atoms with Gasteiger partial charge in [-0.2, -0.15) is 0 Å². The maximum absolute atomic E-state index is 2.21. The first-order chi connectivity index (χ1) is 8.18. The summed E-state index contributed by atoms with van der Waals surface area (Å²) in [5.41, 5.74) is 5.42. The van der Waals surface area contributed by atoms with Crippen molar-refractivity contribution in [3.63, 3.8) is 0 Å². The van der Waals surface area contributed by atoms with Crippen molar-refractivity contribution in [3.8, 4) is 11.1 Å². The summed E-state index contributed by atoms with van der Waals surface area (Å²) in [7, 11) is 4.21. The van der Waals surface area contributed by atoms with Crippen molar-refractivity contribution < 1.29 is 0 Å². The first-order valence-electron chi connectivity index (χ1n) is 5.97. The van der Waals surface area contributed by atoms with Gasteiger partial charge in [-0.25, -0.2) is 0 Å². The Morgan fingerprint density at radius 3 is 2.24 bits per heavy atom. The van der Waals surface area contributed by atoms with E-state index in [1.165, 1.54) is 22.3 Å². The van der Waals surface area contributed by atoms with E-state index in [4.69, 9.17) is 0 Å². The largest absolute Gasteiger partial charge is 0.305 e. The third-order valence-corrected chi connectivity index (χ3v) is 3.02. The smallest absolute Gasteiger partial charge is 0.0230 e. The van der Waals surface area contributed by atoms with Crippen LogP contribution in [0.25, 0.3) is 11.1 Å². The zero-order chi connectivity index (χ0) is 12.3. The Morgan fingerprint density at radius 1 is 0.882 bits per heavy atom. The minimum absolute atomic E-state index is 0.993. The van der Waals surface area contributed by atoms with Crippen LogP contribution >= 0.6 is 0 Å². The van der Waals surface area contributed by atoms with Crippen molar-refractivity contribution in [3.05, 3.63) is 59.7 Å². The SMILES string of the molecule is Cc1c(CN(C)C)cccc1-c1ccccc1. The molecule has 0 unspecified atom stereocenters. The second-order valence-electron chi connectivity index (χ2n) is 4.69. The van der Waals surface area contributed by atoms with Crippen LogP contribution in [0.5, 0.6) is 0 Å². The summed E-state index contributed by atoms with van der Waals surface area (Å²) in [5.74, 6) is 0. The topological polar surface area (TPSA) is 3.24 Å². The fourth-order valence-corrected chi connectivity index (χ4v) is 2.13. The molecule has 2 aromatic carbocycles. The molecule has 0 saturated heterocycles. The average Bonchev–Trinajstić information content (AvgIpc) is 2.32. The molecule has 0 N–H and O–H groups in total. The second kappa shape index (κ2) is 5.15. The van der Waals surface area contributed by atoms with E-state index in [1.807, 2.05) is 0 Å². The normalized spacial score (nSPS) is 10.8. The van der Waals surface area contributed by atoms with Gasteiger partial charge in [0.2, 0.25) is 0 Å². The quantitative estimate of drug-likeness (QED) is 0.769. The fourth-order valence-electron chi connectivity index (χ4n) is 2.13. The number of rotatable bonds is 3. The lowest BCUT2D eigenvalue weighted by Crippen LogP contribution is -2.11. The number of hydrogen-bond donors (Lipinski definition) is 0. The van der Waals surface area contributed by atoms with E-state index in [1.54, 1.807) is 0 Å². The van der Waals surface area contributed by atoms with Gasteiger partial charge in [0, 0.05) is 6.54 Å². The molecule has 0 spiro atoms. The Labute approximate surface area is 104 Å². The molecule has 1 nitrogen and oxygen atoms in total.